The van der Waals surface area contributed by atoms with Crippen molar-refractivity contribution in [1.82, 2.24) is 10.2 Å². The molecule has 9 heteroatoms. The molecule has 2 aromatic carbocycles. The fourth-order valence-corrected chi connectivity index (χ4v) is 5.22. The molecule has 0 aromatic heterocycles. The predicted octanol–water partition coefficient (Wildman–Crippen LogP) is 2.79. The topological polar surface area (TPSA) is 95.6 Å². The van der Waals surface area contributed by atoms with E-state index in [0.29, 0.717) is 31.6 Å². The number of benzene rings is 2. The van der Waals surface area contributed by atoms with Crippen molar-refractivity contribution in [3.63, 3.8) is 0 Å². The zero-order chi connectivity index (χ0) is 22.8. The summed E-state index contributed by atoms with van der Waals surface area (Å²) in [5.41, 5.74) is 0.522. The molecule has 7 nitrogen and oxygen atoms in total. The van der Waals surface area contributed by atoms with Gasteiger partial charge in [-0.05, 0) is 55.5 Å². The van der Waals surface area contributed by atoms with Gasteiger partial charge in [-0.2, -0.15) is 0 Å². The van der Waals surface area contributed by atoms with Crippen LogP contribution < -0.4 is 10.0 Å². The van der Waals surface area contributed by atoms with Crippen LogP contribution in [-0.4, -0.2) is 44.8 Å². The Morgan fingerprint density at radius 2 is 1.81 bits per heavy atom. The molecule has 2 N–H and O–H groups in total. The third-order valence-corrected chi connectivity index (χ3v) is 7.48. The normalized spacial score (nSPS) is 17.3. The third-order valence-electron chi connectivity index (χ3n) is 6.06. The highest BCUT2D eigenvalue weighted by atomic mass is 32.2. The molecule has 1 saturated carbocycles. The maximum atomic E-state index is 13.9. The number of carbonyl (C=O) groups excluding carboxylic acids is 2. The van der Waals surface area contributed by atoms with E-state index in [-0.39, 0.29) is 11.8 Å². The average molecular weight is 460 g/mol. The zero-order valence-electron chi connectivity index (χ0n) is 17.6. The number of amides is 2. The number of likely N-dealkylation sites (tertiary alicyclic amines) is 1. The number of anilines is 1. The summed E-state index contributed by atoms with van der Waals surface area (Å²) in [5, 5.41) is 2.97. The third kappa shape index (κ3) is 4.62. The molecule has 0 unspecified atom stereocenters. The van der Waals surface area contributed by atoms with Gasteiger partial charge in [0.1, 0.15) is 10.7 Å². The molecule has 2 aromatic rings. The van der Waals surface area contributed by atoms with Gasteiger partial charge in [-0.3, -0.25) is 14.3 Å². The maximum absolute atomic E-state index is 13.9. The van der Waals surface area contributed by atoms with E-state index in [9.17, 15) is 22.4 Å². The van der Waals surface area contributed by atoms with Gasteiger partial charge in [0.2, 0.25) is 11.8 Å². The predicted molar refractivity (Wildman–Crippen MR) is 118 cm³/mol. The van der Waals surface area contributed by atoms with Gasteiger partial charge >= 0.3 is 0 Å². The number of hydrogen-bond acceptors (Lipinski definition) is 4. The van der Waals surface area contributed by atoms with E-state index in [1.54, 1.807) is 24.3 Å². The summed E-state index contributed by atoms with van der Waals surface area (Å²) in [4.78, 5) is 25.8. The van der Waals surface area contributed by atoms with E-state index < -0.39 is 26.2 Å². The Kier molecular flexibility index (Phi) is 6.19. The first-order valence-corrected chi connectivity index (χ1v) is 12.2. The summed E-state index contributed by atoms with van der Waals surface area (Å²) in [6.07, 6.45) is 3.68. The first-order valence-electron chi connectivity index (χ1n) is 10.8. The van der Waals surface area contributed by atoms with Crippen LogP contribution in [-0.2, 0) is 25.0 Å². The van der Waals surface area contributed by atoms with Gasteiger partial charge in [0.05, 0.1) is 5.41 Å². The second kappa shape index (κ2) is 8.90. The van der Waals surface area contributed by atoms with E-state index in [1.165, 1.54) is 18.2 Å². The molecule has 32 heavy (non-hydrogen) atoms. The maximum Gasteiger partial charge on any atom is 0.264 e. The fraction of sp³-hybridized carbons (Fsp3) is 0.391. The number of hydrogen-bond donors (Lipinski definition) is 2. The molecule has 1 heterocycles. The van der Waals surface area contributed by atoms with Crippen LogP contribution in [0.25, 0.3) is 0 Å². The van der Waals surface area contributed by atoms with Gasteiger partial charge in [0, 0.05) is 31.7 Å². The van der Waals surface area contributed by atoms with Crippen molar-refractivity contribution < 1.29 is 22.4 Å². The largest absolute Gasteiger partial charge is 0.355 e. The van der Waals surface area contributed by atoms with E-state index in [1.807, 2.05) is 4.90 Å². The van der Waals surface area contributed by atoms with Crippen molar-refractivity contribution in [3.05, 3.63) is 59.9 Å². The lowest BCUT2D eigenvalue weighted by Crippen LogP contribution is -2.36. The highest BCUT2D eigenvalue weighted by molar-refractivity contribution is 7.92. The summed E-state index contributed by atoms with van der Waals surface area (Å²) in [6, 6.07) is 11.8. The van der Waals surface area contributed by atoms with Gasteiger partial charge in [-0.25, -0.2) is 12.8 Å². The summed E-state index contributed by atoms with van der Waals surface area (Å²) >= 11 is 0. The lowest BCUT2D eigenvalue weighted by atomic mass is 9.95. The number of sulfonamides is 1. The molecule has 1 aliphatic heterocycles. The second-order valence-electron chi connectivity index (χ2n) is 8.29. The minimum Gasteiger partial charge on any atom is -0.355 e. The Bertz CT molecular complexity index is 1110. The molecular weight excluding hydrogens is 433 g/mol. The first kappa shape index (κ1) is 22.3. The fourth-order valence-electron chi connectivity index (χ4n) is 4.08. The van der Waals surface area contributed by atoms with Crippen molar-refractivity contribution in [3.8, 4) is 0 Å². The molecule has 0 radical (unpaired) electrons. The van der Waals surface area contributed by atoms with Gasteiger partial charge in [0.25, 0.3) is 10.0 Å². The summed E-state index contributed by atoms with van der Waals surface area (Å²) in [5.74, 6) is -0.690. The van der Waals surface area contributed by atoms with E-state index >= 15 is 0 Å². The van der Waals surface area contributed by atoms with E-state index in [2.05, 4.69) is 10.0 Å². The molecule has 4 rings (SSSR count). The van der Waals surface area contributed by atoms with Crippen LogP contribution in [0, 0.1) is 5.82 Å². The first-order chi connectivity index (χ1) is 15.3. The monoisotopic (exact) mass is 459 g/mol. The number of carbonyl (C=O) groups is 2. The zero-order valence-corrected chi connectivity index (χ0v) is 18.5. The Hall–Kier alpha value is -2.94. The molecule has 0 spiro atoms. The molecule has 1 saturated heterocycles. The molecular formula is C23H26FN3O4S. The van der Waals surface area contributed by atoms with Crippen LogP contribution in [0.5, 0.6) is 0 Å². The number of rotatable bonds is 9. The molecule has 170 valence electrons. The number of nitrogens with zero attached hydrogens (tertiary/aromatic N) is 1. The highest BCUT2D eigenvalue weighted by Gasteiger charge is 2.51. The molecule has 1 aliphatic carbocycles. The number of halogens is 1. The van der Waals surface area contributed by atoms with Crippen LogP contribution in [0.1, 0.15) is 37.7 Å². The standard InChI is InChI=1S/C23H26FN3O4S/c24-19-5-1-2-6-20(19)32(30,31)26-18-10-8-17(9-11-18)23(12-13-23)22(29)25-14-4-16-27-15-3-7-21(27)28/h1-2,5-6,8-11,26H,3-4,7,12-16H2,(H,25,29). The molecule has 2 amide bonds. The van der Waals surface area contributed by atoms with Gasteiger partial charge in [-0.1, -0.05) is 24.3 Å². The van der Waals surface area contributed by atoms with Gasteiger partial charge in [0.15, 0.2) is 0 Å². The Labute approximate surface area is 187 Å². The average Bonchev–Trinajstić information content (AvgIpc) is 3.48. The lowest BCUT2D eigenvalue weighted by Gasteiger charge is -2.18. The lowest BCUT2D eigenvalue weighted by molar-refractivity contribution is -0.127. The van der Waals surface area contributed by atoms with Crippen LogP contribution in [0.4, 0.5) is 10.1 Å². The summed E-state index contributed by atoms with van der Waals surface area (Å²) in [6.45, 7) is 1.96. The Morgan fingerprint density at radius 1 is 1.09 bits per heavy atom. The van der Waals surface area contributed by atoms with Crippen molar-refractivity contribution in [2.75, 3.05) is 24.4 Å². The molecule has 0 atom stereocenters. The van der Waals surface area contributed by atoms with Crippen LogP contribution in [0.15, 0.2) is 53.4 Å². The molecule has 2 fully saturated rings. The Balaban J connectivity index is 1.34. The quantitative estimate of drug-likeness (QED) is 0.564. The van der Waals surface area contributed by atoms with Crippen molar-refractivity contribution >= 4 is 27.5 Å². The second-order valence-corrected chi connectivity index (χ2v) is 9.94. The highest BCUT2D eigenvalue weighted by Crippen LogP contribution is 2.48. The minimum atomic E-state index is -4.05. The van der Waals surface area contributed by atoms with Gasteiger partial charge < -0.3 is 10.2 Å². The SMILES string of the molecule is O=C1CCCN1CCCNC(=O)C1(c2ccc(NS(=O)(=O)c3ccccc3F)cc2)CC1. The van der Waals surface area contributed by atoms with Crippen molar-refractivity contribution in [2.45, 2.75) is 42.4 Å². The summed E-state index contributed by atoms with van der Waals surface area (Å²) < 4.78 is 41.1. The molecule has 0 bridgehead atoms. The minimum absolute atomic E-state index is 0.0510. The van der Waals surface area contributed by atoms with Crippen LogP contribution in [0.3, 0.4) is 0 Å². The van der Waals surface area contributed by atoms with E-state index in [4.69, 9.17) is 0 Å². The van der Waals surface area contributed by atoms with Gasteiger partial charge in [-0.15, -0.1) is 0 Å². The van der Waals surface area contributed by atoms with Crippen molar-refractivity contribution in [1.29, 1.82) is 0 Å². The molecule has 2 aliphatic rings. The number of nitrogens with one attached hydrogen (secondary N) is 2. The smallest absolute Gasteiger partial charge is 0.264 e. The Morgan fingerprint density at radius 3 is 2.44 bits per heavy atom. The van der Waals surface area contributed by atoms with E-state index in [0.717, 1.165) is 37.4 Å². The van der Waals surface area contributed by atoms with Crippen LogP contribution >= 0.6 is 0 Å². The van der Waals surface area contributed by atoms with Crippen molar-refractivity contribution in [2.24, 2.45) is 0 Å². The van der Waals surface area contributed by atoms with Crippen LogP contribution in [0.2, 0.25) is 0 Å². The summed E-state index contributed by atoms with van der Waals surface area (Å²) in [7, 11) is -4.05.